The minimum atomic E-state index is -0.304. The van der Waals surface area contributed by atoms with Crippen LogP contribution in [0, 0.1) is 6.92 Å². The van der Waals surface area contributed by atoms with Crippen LogP contribution in [0.3, 0.4) is 0 Å². The lowest BCUT2D eigenvalue weighted by molar-refractivity contribution is 0.320. The molecule has 3 aromatic rings. The number of methoxy groups -OCH3 is 3. The summed E-state index contributed by atoms with van der Waals surface area (Å²) in [6.07, 6.45) is 2.85. The van der Waals surface area contributed by atoms with E-state index in [0.717, 1.165) is 35.2 Å². The molecule has 0 fully saturated rings. The van der Waals surface area contributed by atoms with Gasteiger partial charge >= 0.3 is 5.63 Å². The van der Waals surface area contributed by atoms with Gasteiger partial charge in [0.1, 0.15) is 11.3 Å². The zero-order chi connectivity index (χ0) is 23.3. The molecule has 33 heavy (non-hydrogen) atoms. The maximum Gasteiger partial charge on any atom is 0.339 e. The third-order valence-corrected chi connectivity index (χ3v) is 6.58. The Hall–Kier alpha value is -3.68. The number of hydrogen-bond donors (Lipinski definition) is 2. The first-order chi connectivity index (χ1) is 16.0. The lowest BCUT2D eigenvalue weighted by Crippen LogP contribution is -2.12. The van der Waals surface area contributed by atoms with E-state index in [1.165, 1.54) is 0 Å². The summed E-state index contributed by atoms with van der Waals surface area (Å²) in [4.78, 5) is 12.3. The molecule has 0 saturated heterocycles. The molecule has 0 saturated carbocycles. The summed E-state index contributed by atoms with van der Waals surface area (Å²) in [6, 6.07) is 5.39. The first-order valence-corrected chi connectivity index (χ1v) is 10.9. The van der Waals surface area contributed by atoms with E-state index in [2.05, 4.69) is 10.5 Å². The number of aromatic hydroxyl groups is 1. The number of nitrogens with one attached hydrogen (secondary N) is 1. The predicted molar refractivity (Wildman–Crippen MR) is 124 cm³/mol. The molecule has 1 aromatic heterocycles. The van der Waals surface area contributed by atoms with E-state index in [1.807, 2.05) is 25.1 Å². The van der Waals surface area contributed by atoms with Crippen LogP contribution in [0.15, 0.2) is 32.5 Å². The monoisotopic (exact) mass is 450 g/mol. The lowest BCUT2D eigenvalue weighted by Gasteiger charge is -2.19. The number of ether oxygens (including phenoxy) is 3. The second-order valence-electron chi connectivity index (χ2n) is 8.36. The Morgan fingerprint density at radius 3 is 2.58 bits per heavy atom. The Labute approximate surface area is 190 Å². The molecule has 1 aliphatic heterocycles. The van der Waals surface area contributed by atoms with Crippen LogP contribution in [0.4, 0.5) is 0 Å². The maximum absolute atomic E-state index is 12.3. The zero-order valence-corrected chi connectivity index (χ0v) is 19.1. The number of phenols is 1. The molecular weight excluding hydrogens is 424 g/mol. The number of fused-ring (bicyclic) bond motifs is 3. The van der Waals surface area contributed by atoms with Crippen LogP contribution >= 0.6 is 0 Å². The standard InChI is InChI=1S/C25H26N2O6/c1-12-10-19-21(13-6-5-7-14(13)25(29)33-19)22(28)20(12)17-11-16(26-27-17)15-8-9-18(30-2)24(32-4)23(15)31-3/h8-10,16,26,28H,5-7,11H2,1-4H3/t16-/m1/s1. The summed E-state index contributed by atoms with van der Waals surface area (Å²) in [6.45, 7) is 1.88. The zero-order valence-electron chi connectivity index (χ0n) is 19.1. The van der Waals surface area contributed by atoms with Crippen LogP contribution in [-0.4, -0.2) is 32.1 Å². The van der Waals surface area contributed by atoms with Gasteiger partial charge in [0.2, 0.25) is 5.75 Å². The third kappa shape index (κ3) is 3.20. The third-order valence-electron chi connectivity index (χ3n) is 6.58. The first kappa shape index (κ1) is 21.2. The van der Waals surface area contributed by atoms with Crippen molar-refractivity contribution in [1.29, 1.82) is 0 Å². The molecule has 5 rings (SSSR count). The smallest absolute Gasteiger partial charge is 0.339 e. The normalized spacial score (nSPS) is 17.0. The molecular formula is C25H26N2O6. The lowest BCUT2D eigenvalue weighted by atomic mass is 9.92. The molecule has 0 unspecified atom stereocenters. The molecule has 2 aliphatic rings. The molecule has 2 aromatic carbocycles. The van der Waals surface area contributed by atoms with Crippen molar-refractivity contribution in [2.45, 2.75) is 38.6 Å². The number of benzene rings is 2. The molecule has 0 spiro atoms. The van der Waals surface area contributed by atoms with Crippen molar-refractivity contribution >= 4 is 16.7 Å². The average molecular weight is 450 g/mol. The molecule has 8 heteroatoms. The molecule has 172 valence electrons. The van der Waals surface area contributed by atoms with E-state index in [0.29, 0.717) is 52.2 Å². The summed E-state index contributed by atoms with van der Waals surface area (Å²) in [5, 5.41) is 16.5. The first-order valence-electron chi connectivity index (χ1n) is 10.9. The molecule has 2 heterocycles. The van der Waals surface area contributed by atoms with Gasteiger partial charge in [-0.3, -0.25) is 0 Å². The molecule has 8 nitrogen and oxygen atoms in total. The van der Waals surface area contributed by atoms with Crippen molar-refractivity contribution in [3.05, 3.63) is 56.4 Å². The number of nitrogens with zero attached hydrogens (tertiary/aromatic N) is 1. The topological polar surface area (TPSA) is 103 Å². The van der Waals surface area contributed by atoms with Crippen molar-refractivity contribution < 1.29 is 23.7 Å². The summed E-state index contributed by atoms with van der Waals surface area (Å²) < 4.78 is 22.1. The Bertz CT molecular complexity index is 1360. The Morgan fingerprint density at radius 1 is 1.09 bits per heavy atom. The second kappa shape index (κ2) is 8.03. The van der Waals surface area contributed by atoms with Gasteiger partial charge in [0.25, 0.3) is 0 Å². The van der Waals surface area contributed by atoms with Gasteiger partial charge in [0, 0.05) is 23.1 Å². The van der Waals surface area contributed by atoms with E-state index in [9.17, 15) is 9.90 Å². The van der Waals surface area contributed by atoms with Gasteiger partial charge in [-0.25, -0.2) is 4.79 Å². The minimum Gasteiger partial charge on any atom is -0.506 e. The van der Waals surface area contributed by atoms with Gasteiger partial charge in [0.05, 0.1) is 38.5 Å². The maximum atomic E-state index is 12.3. The van der Waals surface area contributed by atoms with Gasteiger partial charge in [-0.1, -0.05) is 0 Å². The van der Waals surface area contributed by atoms with E-state index in [1.54, 1.807) is 21.3 Å². The Kier molecular flexibility index (Phi) is 5.15. The number of hydrogen-bond acceptors (Lipinski definition) is 8. The minimum absolute atomic E-state index is 0.118. The van der Waals surface area contributed by atoms with Crippen molar-refractivity contribution in [2.24, 2.45) is 5.10 Å². The second-order valence-corrected chi connectivity index (χ2v) is 8.36. The van der Waals surface area contributed by atoms with E-state index in [4.69, 9.17) is 18.6 Å². The fourth-order valence-electron chi connectivity index (χ4n) is 5.09. The SMILES string of the molecule is COc1ccc([C@H]2CC(c3c(C)cc4oc(=O)c5c(c4c3O)CCC5)=NN2)c(OC)c1OC. The molecule has 1 atom stereocenters. The fraction of sp³-hybridized carbons (Fsp3) is 0.360. The highest BCUT2D eigenvalue weighted by molar-refractivity contribution is 6.09. The molecule has 2 N–H and O–H groups in total. The summed E-state index contributed by atoms with van der Waals surface area (Å²) in [5.41, 5.74) is 7.92. The molecule has 1 aliphatic carbocycles. The fourth-order valence-corrected chi connectivity index (χ4v) is 5.09. The molecule has 0 amide bonds. The Morgan fingerprint density at radius 2 is 1.85 bits per heavy atom. The van der Waals surface area contributed by atoms with Crippen LogP contribution in [0.1, 0.15) is 46.7 Å². The van der Waals surface area contributed by atoms with Gasteiger partial charge in [-0.15, -0.1) is 0 Å². The predicted octanol–water partition coefficient (Wildman–Crippen LogP) is 3.76. The Balaban J connectivity index is 1.56. The highest BCUT2D eigenvalue weighted by Crippen LogP contribution is 2.45. The van der Waals surface area contributed by atoms with E-state index < -0.39 is 0 Å². The van der Waals surface area contributed by atoms with Crippen molar-refractivity contribution in [3.63, 3.8) is 0 Å². The average Bonchev–Trinajstić information content (AvgIpc) is 3.48. The van der Waals surface area contributed by atoms with Gasteiger partial charge in [0.15, 0.2) is 11.5 Å². The highest BCUT2D eigenvalue weighted by Gasteiger charge is 2.31. The largest absolute Gasteiger partial charge is 0.506 e. The summed E-state index contributed by atoms with van der Waals surface area (Å²) >= 11 is 0. The van der Waals surface area contributed by atoms with Crippen molar-refractivity contribution in [2.75, 3.05) is 21.3 Å². The summed E-state index contributed by atoms with van der Waals surface area (Å²) in [5.74, 6) is 1.79. The number of hydrazone groups is 1. The molecule has 0 radical (unpaired) electrons. The van der Waals surface area contributed by atoms with Crippen LogP contribution < -0.4 is 25.3 Å². The van der Waals surface area contributed by atoms with Crippen LogP contribution in [0.5, 0.6) is 23.0 Å². The van der Waals surface area contributed by atoms with Crippen LogP contribution in [-0.2, 0) is 12.8 Å². The van der Waals surface area contributed by atoms with Gasteiger partial charge in [-0.05, 0) is 55.5 Å². The van der Waals surface area contributed by atoms with Gasteiger partial charge < -0.3 is 29.2 Å². The van der Waals surface area contributed by atoms with Crippen molar-refractivity contribution in [3.8, 4) is 23.0 Å². The van der Waals surface area contributed by atoms with Gasteiger partial charge in [-0.2, -0.15) is 5.10 Å². The van der Waals surface area contributed by atoms with E-state index in [-0.39, 0.29) is 17.4 Å². The number of rotatable bonds is 5. The van der Waals surface area contributed by atoms with E-state index >= 15 is 0 Å². The van der Waals surface area contributed by atoms with Crippen LogP contribution in [0.25, 0.3) is 11.0 Å². The number of phenolic OH excluding ortho intramolecular Hbond substituents is 1. The van der Waals surface area contributed by atoms with Crippen molar-refractivity contribution in [1.82, 2.24) is 5.43 Å². The summed E-state index contributed by atoms with van der Waals surface area (Å²) in [7, 11) is 4.74. The number of aryl methyl sites for hydroxylation is 2. The molecule has 0 bridgehead atoms. The quantitative estimate of drug-likeness (QED) is 0.571. The van der Waals surface area contributed by atoms with Crippen LogP contribution in [0.2, 0.25) is 0 Å². The highest BCUT2D eigenvalue weighted by atomic mass is 16.5.